The number of carbonyl (C=O) groups is 1. The van der Waals surface area contributed by atoms with E-state index < -0.39 is 0 Å². The van der Waals surface area contributed by atoms with E-state index in [1.807, 2.05) is 13.8 Å². The minimum absolute atomic E-state index is 0.311. The zero-order chi connectivity index (χ0) is 24.4. The molecule has 8 atom stereocenters. The van der Waals surface area contributed by atoms with Crippen molar-refractivity contribution in [3.8, 4) is 0 Å². The summed E-state index contributed by atoms with van der Waals surface area (Å²) in [5, 5.41) is 0. The van der Waals surface area contributed by atoms with Crippen LogP contribution in [0.25, 0.3) is 0 Å². The topological polar surface area (TPSA) is 17.1 Å². The quantitative estimate of drug-likeness (QED) is 0.372. The number of allylic oxidation sites excluding steroid dienone is 1. The second-order valence-corrected chi connectivity index (χ2v) is 13.1. The molecular formula is C32H56O. The van der Waals surface area contributed by atoms with Gasteiger partial charge in [0.05, 0.1) is 0 Å². The summed E-state index contributed by atoms with van der Waals surface area (Å²) in [7, 11) is 0. The Morgan fingerprint density at radius 3 is 2.39 bits per heavy atom. The molecule has 0 N–H and O–H groups in total. The van der Waals surface area contributed by atoms with Gasteiger partial charge in [0.1, 0.15) is 0 Å². The summed E-state index contributed by atoms with van der Waals surface area (Å²) in [6.45, 7) is 19.0. The second-order valence-electron chi connectivity index (χ2n) is 13.1. The lowest BCUT2D eigenvalue weighted by Gasteiger charge is -2.61. The van der Waals surface area contributed by atoms with Crippen LogP contribution in [-0.2, 0) is 4.79 Å². The third-order valence-electron chi connectivity index (χ3n) is 11.0. The van der Waals surface area contributed by atoms with Gasteiger partial charge in [-0.25, -0.2) is 0 Å². The van der Waals surface area contributed by atoms with Gasteiger partial charge in [0.25, 0.3) is 0 Å². The van der Waals surface area contributed by atoms with Gasteiger partial charge in [-0.15, -0.1) is 0 Å². The Morgan fingerprint density at radius 2 is 1.73 bits per heavy atom. The Morgan fingerprint density at radius 1 is 1.00 bits per heavy atom. The Labute approximate surface area is 207 Å². The second kappa shape index (κ2) is 11.0. The van der Waals surface area contributed by atoms with Crippen LogP contribution in [0.15, 0.2) is 11.6 Å². The van der Waals surface area contributed by atoms with Gasteiger partial charge in [0.15, 0.2) is 5.78 Å². The standard InChI is InChI=1S/C30H50O.C2H6/c1-7-9-22-18-23-19-24(31)14-16-29(23,5)27-15-17-30(6)25(12-13-26(30)28(22)27)21(4)11-8-10-20(2)3;1-2/h19-22,25-28H,7-18H2,1-6H3;1-2H3/t21?,22-,25?,26?,27?,28?,29-,30+;/m0./s1. The average Bonchev–Trinajstić information content (AvgIpc) is 3.13. The molecule has 0 amide bonds. The number of hydrogen-bond acceptors (Lipinski definition) is 1. The lowest BCUT2D eigenvalue weighted by Crippen LogP contribution is -2.54. The van der Waals surface area contributed by atoms with E-state index in [9.17, 15) is 4.79 Å². The van der Waals surface area contributed by atoms with Crippen LogP contribution in [0.5, 0.6) is 0 Å². The van der Waals surface area contributed by atoms with E-state index in [0.717, 1.165) is 54.3 Å². The van der Waals surface area contributed by atoms with Gasteiger partial charge in [-0.1, -0.05) is 93.1 Å². The summed E-state index contributed by atoms with van der Waals surface area (Å²) in [6, 6.07) is 0. The lowest BCUT2D eigenvalue weighted by molar-refractivity contribution is -0.119. The van der Waals surface area contributed by atoms with Crippen molar-refractivity contribution in [2.24, 2.45) is 52.3 Å². The molecule has 0 aromatic carbocycles. The van der Waals surface area contributed by atoms with Gasteiger partial charge in [-0.3, -0.25) is 4.79 Å². The van der Waals surface area contributed by atoms with Gasteiger partial charge < -0.3 is 0 Å². The van der Waals surface area contributed by atoms with Crippen molar-refractivity contribution in [2.75, 3.05) is 0 Å². The van der Waals surface area contributed by atoms with Crippen LogP contribution in [0.3, 0.4) is 0 Å². The number of rotatable bonds is 7. The fourth-order valence-corrected chi connectivity index (χ4v) is 9.39. The third kappa shape index (κ3) is 5.04. The molecule has 0 aromatic heterocycles. The predicted octanol–water partition coefficient (Wildman–Crippen LogP) is 9.65. The molecule has 4 aliphatic rings. The molecule has 0 bridgehead atoms. The molecule has 1 nitrogen and oxygen atoms in total. The molecule has 0 aromatic rings. The molecule has 5 unspecified atom stereocenters. The van der Waals surface area contributed by atoms with E-state index >= 15 is 0 Å². The first-order valence-corrected chi connectivity index (χ1v) is 14.9. The van der Waals surface area contributed by atoms with Crippen molar-refractivity contribution in [1.29, 1.82) is 0 Å². The summed E-state index contributed by atoms with van der Waals surface area (Å²) in [5.74, 6) is 6.54. The highest BCUT2D eigenvalue weighted by atomic mass is 16.1. The summed E-state index contributed by atoms with van der Waals surface area (Å²) < 4.78 is 0. The van der Waals surface area contributed by atoms with Gasteiger partial charge in [0.2, 0.25) is 0 Å². The molecule has 33 heavy (non-hydrogen) atoms. The highest BCUT2D eigenvalue weighted by Crippen LogP contribution is 2.69. The van der Waals surface area contributed by atoms with Gasteiger partial charge in [-0.2, -0.15) is 0 Å². The summed E-state index contributed by atoms with van der Waals surface area (Å²) in [5.41, 5.74) is 2.42. The fourth-order valence-electron chi connectivity index (χ4n) is 9.39. The smallest absolute Gasteiger partial charge is 0.155 e. The van der Waals surface area contributed by atoms with Crippen molar-refractivity contribution in [2.45, 2.75) is 132 Å². The van der Waals surface area contributed by atoms with Gasteiger partial charge in [0, 0.05) is 6.42 Å². The zero-order valence-electron chi connectivity index (χ0n) is 23.5. The molecule has 0 heterocycles. The molecule has 4 rings (SSSR count). The molecule has 3 saturated carbocycles. The Bertz CT molecular complexity index is 689. The maximum Gasteiger partial charge on any atom is 0.155 e. The third-order valence-corrected chi connectivity index (χ3v) is 11.0. The average molecular weight is 457 g/mol. The van der Waals surface area contributed by atoms with Crippen LogP contribution in [0.2, 0.25) is 0 Å². The van der Waals surface area contributed by atoms with E-state index in [4.69, 9.17) is 0 Å². The van der Waals surface area contributed by atoms with E-state index in [1.54, 1.807) is 5.57 Å². The number of carbonyl (C=O) groups excluding carboxylic acids is 1. The number of hydrogen-bond donors (Lipinski definition) is 0. The highest BCUT2D eigenvalue weighted by Gasteiger charge is 2.61. The Hall–Kier alpha value is -0.590. The SMILES string of the molecule is CC.CCC[C@H]1CC2=CC(=O)CC[C@]2(C)C2CC[C@]3(C)C(C(C)CCCC(C)C)CCC3C21. The van der Waals surface area contributed by atoms with Crippen LogP contribution in [0.1, 0.15) is 132 Å². The van der Waals surface area contributed by atoms with E-state index in [-0.39, 0.29) is 0 Å². The first-order valence-electron chi connectivity index (χ1n) is 14.9. The van der Waals surface area contributed by atoms with Crippen LogP contribution in [0, 0.1) is 52.3 Å². The number of fused-ring (bicyclic) bond motifs is 5. The summed E-state index contributed by atoms with van der Waals surface area (Å²) in [6.07, 6.45) is 17.9. The van der Waals surface area contributed by atoms with Crippen molar-refractivity contribution < 1.29 is 4.79 Å². The van der Waals surface area contributed by atoms with Crippen LogP contribution in [0.4, 0.5) is 0 Å². The zero-order valence-corrected chi connectivity index (χ0v) is 23.5. The van der Waals surface area contributed by atoms with E-state index in [2.05, 4.69) is 47.6 Å². The Balaban J connectivity index is 0.00000149. The molecular weight excluding hydrogens is 400 g/mol. The van der Waals surface area contributed by atoms with Gasteiger partial charge in [-0.05, 0) is 96.9 Å². The molecule has 0 radical (unpaired) electrons. The van der Waals surface area contributed by atoms with E-state index in [1.165, 1.54) is 64.2 Å². The number of ketones is 1. The molecule has 4 aliphatic carbocycles. The van der Waals surface area contributed by atoms with Crippen molar-refractivity contribution in [3.05, 3.63) is 11.6 Å². The maximum absolute atomic E-state index is 12.3. The normalized spacial score (nSPS) is 40.8. The largest absolute Gasteiger partial charge is 0.295 e. The summed E-state index contributed by atoms with van der Waals surface area (Å²) in [4.78, 5) is 12.3. The minimum atomic E-state index is 0.311. The lowest BCUT2D eigenvalue weighted by atomic mass is 9.44. The molecule has 0 spiro atoms. The molecule has 190 valence electrons. The summed E-state index contributed by atoms with van der Waals surface area (Å²) >= 11 is 0. The predicted molar refractivity (Wildman–Crippen MR) is 143 cm³/mol. The molecule has 1 heteroatoms. The maximum atomic E-state index is 12.3. The van der Waals surface area contributed by atoms with Crippen molar-refractivity contribution in [1.82, 2.24) is 0 Å². The molecule has 0 saturated heterocycles. The van der Waals surface area contributed by atoms with Gasteiger partial charge >= 0.3 is 0 Å². The van der Waals surface area contributed by atoms with Crippen molar-refractivity contribution >= 4 is 5.78 Å². The monoisotopic (exact) mass is 456 g/mol. The first kappa shape index (κ1) is 27.0. The first-order chi connectivity index (χ1) is 15.7. The van der Waals surface area contributed by atoms with Crippen LogP contribution in [-0.4, -0.2) is 5.78 Å². The van der Waals surface area contributed by atoms with Crippen LogP contribution >= 0.6 is 0 Å². The van der Waals surface area contributed by atoms with E-state index in [0.29, 0.717) is 16.6 Å². The Kier molecular flexibility index (Phi) is 8.99. The highest BCUT2D eigenvalue weighted by molar-refractivity contribution is 5.91. The molecule has 0 aliphatic heterocycles. The fraction of sp³-hybridized carbons (Fsp3) is 0.906. The van der Waals surface area contributed by atoms with Crippen molar-refractivity contribution in [3.63, 3.8) is 0 Å². The molecule has 3 fully saturated rings. The van der Waals surface area contributed by atoms with Crippen LogP contribution < -0.4 is 0 Å². The minimum Gasteiger partial charge on any atom is -0.295 e.